The van der Waals surface area contributed by atoms with Gasteiger partial charge in [0, 0.05) is 16.4 Å². The molecule has 0 unspecified atom stereocenters. The molecule has 0 fully saturated rings. The van der Waals surface area contributed by atoms with Crippen LogP contribution in [0.4, 0.5) is 0 Å². The lowest BCUT2D eigenvalue weighted by Crippen LogP contribution is -2.14. The summed E-state index contributed by atoms with van der Waals surface area (Å²) in [6.07, 6.45) is 0. The molecule has 0 atom stereocenters. The summed E-state index contributed by atoms with van der Waals surface area (Å²) < 4.78 is 6.44. The summed E-state index contributed by atoms with van der Waals surface area (Å²) >= 11 is 0. The molecule has 32 heavy (non-hydrogen) atoms. The summed E-state index contributed by atoms with van der Waals surface area (Å²) in [5, 5.41) is 2.41. The van der Waals surface area contributed by atoms with Crippen molar-refractivity contribution in [2.45, 2.75) is 19.3 Å². The smallest absolute Gasteiger partial charge is 0.136 e. The molecule has 1 aliphatic carbocycles. The molecule has 152 valence electrons. The summed E-state index contributed by atoms with van der Waals surface area (Å²) in [5.74, 6) is 1.87. The fourth-order valence-corrected chi connectivity index (χ4v) is 5.74. The van der Waals surface area contributed by atoms with E-state index in [4.69, 9.17) is 4.74 Å². The zero-order valence-electron chi connectivity index (χ0n) is 18.1. The highest BCUT2D eigenvalue weighted by Gasteiger charge is 2.36. The van der Waals surface area contributed by atoms with Gasteiger partial charge in [0.05, 0.1) is 0 Å². The van der Waals surface area contributed by atoms with Gasteiger partial charge in [-0.25, -0.2) is 0 Å². The van der Waals surface area contributed by atoms with Gasteiger partial charge in [-0.15, -0.1) is 0 Å². The van der Waals surface area contributed by atoms with Crippen LogP contribution in [-0.2, 0) is 5.41 Å². The summed E-state index contributed by atoms with van der Waals surface area (Å²) in [4.78, 5) is 0. The Morgan fingerprint density at radius 2 is 1.25 bits per heavy atom. The summed E-state index contributed by atoms with van der Waals surface area (Å²) in [6.45, 7) is 4.66. The second-order valence-corrected chi connectivity index (χ2v) is 9.38. The standard InChI is InChI=1S/C31H22O/c1-31(2)25-14-5-3-11-24(25)30-21(12-8-15-26(30)31)20-17-19-9-7-13-23-22-10-4-6-16-27(22)32-28(18-20)29(19)23/h3-18H,1-2H3. The van der Waals surface area contributed by atoms with Crippen molar-refractivity contribution < 1.29 is 4.74 Å². The number of fused-ring (bicyclic) bond motifs is 5. The SMILES string of the molecule is CC1(C)c2ccccc2-c2c(-c3cc4c5c(cccc5c3)-c3ccccc3O4)cccc21. The molecule has 1 nitrogen and oxygen atoms in total. The fraction of sp³-hybridized carbons (Fsp3) is 0.0968. The highest BCUT2D eigenvalue weighted by atomic mass is 16.5. The molecular weight excluding hydrogens is 388 g/mol. The Morgan fingerprint density at radius 3 is 2.16 bits per heavy atom. The molecule has 0 N–H and O–H groups in total. The first-order valence-corrected chi connectivity index (χ1v) is 11.2. The van der Waals surface area contributed by atoms with Crippen LogP contribution in [-0.4, -0.2) is 0 Å². The van der Waals surface area contributed by atoms with Crippen LogP contribution in [0.1, 0.15) is 25.0 Å². The first kappa shape index (κ1) is 17.8. The van der Waals surface area contributed by atoms with Crippen molar-refractivity contribution in [3.05, 3.63) is 108 Å². The van der Waals surface area contributed by atoms with E-state index < -0.39 is 0 Å². The van der Waals surface area contributed by atoms with Crippen molar-refractivity contribution in [2.75, 3.05) is 0 Å². The molecule has 0 bridgehead atoms. The zero-order chi connectivity index (χ0) is 21.4. The number of hydrogen-bond donors (Lipinski definition) is 0. The third-order valence-corrected chi connectivity index (χ3v) is 7.26. The first-order chi connectivity index (χ1) is 15.6. The number of ether oxygens (including phenoxy) is 1. The summed E-state index contributed by atoms with van der Waals surface area (Å²) in [5.41, 5.74) is 10.4. The van der Waals surface area contributed by atoms with E-state index in [0.717, 1.165) is 17.1 Å². The minimum Gasteiger partial charge on any atom is -0.456 e. The molecule has 1 heteroatoms. The Morgan fingerprint density at radius 1 is 0.562 bits per heavy atom. The van der Waals surface area contributed by atoms with Gasteiger partial charge in [0.2, 0.25) is 0 Å². The van der Waals surface area contributed by atoms with Gasteiger partial charge in [-0.3, -0.25) is 0 Å². The zero-order valence-corrected chi connectivity index (χ0v) is 18.1. The lowest BCUT2D eigenvalue weighted by molar-refractivity contribution is 0.487. The molecule has 0 saturated heterocycles. The first-order valence-electron chi connectivity index (χ1n) is 11.2. The highest BCUT2D eigenvalue weighted by Crippen LogP contribution is 2.53. The van der Waals surface area contributed by atoms with Crippen molar-refractivity contribution >= 4 is 10.8 Å². The third-order valence-electron chi connectivity index (χ3n) is 7.26. The van der Waals surface area contributed by atoms with Crippen LogP contribution in [0.3, 0.4) is 0 Å². The molecule has 0 amide bonds. The van der Waals surface area contributed by atoms with Gasteiger partial charge in [-0.1, -0.05) is 92.7 Å². The van der Waals surface area contributed by atoms with Crippen molar-refractivity contribution in [1.29, 1.82) is 0 Å². The number of para-hydroxylation sites is 1. The minimum atomic E-state index is -0.00430. The van der Waals surface area contributed by atoms with Gasteiger partial charge < -0.3 is 4.74 Å². The van der Waals surface area contributed by atoms with Crippen LogP contribution >= 0.6 is 0 Å². The largest absolute Gasteiger partial charge is 0.456 e. The van der Waals surface area contributed by atoms with E-state index >= 15 is 0 Å². The monoisotopic (exact) mass is 410 g/mol. The van der Waals surface area contributed by atoms with Gasteiger partial charge in [0.15, 0.2) is 0 Å². The normalized spacial score (nSPS) is 14.4. The molecule has 5 aromatic rings. The Kier molecular flexibility index (Phi) is 3.40. The Bertz CT molecular complexity index is 1570. The van der Waals surface area contributed by atoms with Gasteiger partial charge in [0.25, 0.3) is 0 Å². The molecular formula is C31H22O. The second kappa shape index (κ2) is 6.11. The quantitative estimate of drug-likeness (QED) is 0.264. The molecule has 1 heterocycles. The van der Waals surface area contributed by atoms with Gasteiger partial charge >= 0.3 is 0 Å². The summed E-state index contributed by atoms with van der Waals surface area (Å²) in [6, 6.07) is 35.0. The van der Waals surface area contributed by atoms with E-state index in [1.165, 1.54) is 49.7 Å². The van der Waals surface area contributed by atoms with E-state index in [2.05, 4.69) is 105 Å². The Labute approximate surface area is 187 Å². The van der Waals surface area contributed by atoms with E-state index in [1.807, 2.05) is 6.07 Å². The van der Waals surface area contributed by atoms with Gasteiger partial charge in [-0.2, -0.15) is 0 Å². The van der Waals surface area contributed by atoms with Crippen LogP contribution in [0.5, 0.6) is 11.5 Å². The second-order valence-electron chi connectivity index (χ2n) is 9.38. The van der Waals surface area contributed by atoms with Gasteiger partial charge in [0.1, 0.15) is 11.5 Å². The molecule has 0 spiro atoms. The average molecular weight is 411 g/mol. The molecule has 0 saturated carbocycles. The van der Waals surface area contributed by atoms with Crippen LogP contribution in [0.2, 0.25) is 0 Å². The van der Waals surface area contributed by atoms with Crippen LogP contribution in [0.15, 0.2) is 97.1 Å². The molecule has 2 aliphatic rings. The third kappa shape index (κ3) is 2.23. The maximum atomic E-state index is 6.44. The maximum absolute atomic E-state index is 6.44. The fourth-order valence-electron chi connectivity index (χ4n) is 5.74. The Balaban J connectivity index is 1.52. The van der Waals surface area contributed by atoms with Crippen LogP contribution in [0.25, 0.3) is 44.2 Å². The predicted octanol–water partition coefficient (Wildman–Crippen LogP) is 8.59. The lowest BCUT2D eigenvalue weighted by Gasteiger charge is -2.23. The Hall–Kier alpha value is -3.84. The maximum Gasteiger partial charge on any atom is 0.136 e. The van der Waals surface area contributed by atoms with E-state index in [9.17, 15) is 0 Å². The molecule has 7 rings (SSSR count). The van der Waals surface area contributed by atoms with Crippen LogP contribution < -0.4 is 4.74 Å². The van der Waals surface area contributed by atoms with Crippen molar-refractivity contribution in [1.82, 2.24) is 0 Å². The van der Waals surface area contributed by atoms with E-state index in [1.54, 1.807) is 0 Å². The van der Waals surface area contributed by atoms with Crippen LogP contribution in [0, 0.1) is 0 Å². The average Bonchev–Trinajstić information content (AvgIpc) is 3.06. The number of benzene rings is 5. The molecule has 5 aromatic carbocycles. The van der Waals surface area contributed by atoms with Crippen molar-refractivity contribution in [3.8, 4) is 44.9 Å². The van der Waals surface area contributed by atoms with E-state index in [-0.39, 0.29) is 5.41 Å². The summed E-state index contributed by atoms with van der Waals surface area (Å²) in [7, 11) is 0. The molecule has 1 aliphatic heterocycles. The predicted molar refractivity (Wildman–Crippen MR) is 132 cm³/mol. The molecule has 0 radical (unpaired) electrons. The number of hydrogen-bond acceptors (Lipinski definition) is 1. The minimum absolute atomic E-state index is 0.00430. The highest BCUT2D eigenvalue weighted by molar-refractivity contribution is 6.06. The topological polar surface area (TPSA) is 9.23 Å². The van der Waals surface area contributed by atoms with E-state index in [0.29, 0.717) is 0 Å². The molecule has 0 aromatic heterocycles. The van der Waals surface area contributed by atoms with Crippen molar-refractivity contribution in [2.24, 2.45) is 0 Å². The van der Waals surface area contributed by atoms with Gasteiger partial charge in [-0.05, 0) is 62.5 Å². The lowest BCUT2D eigenvalue weighted by atomic mass is 9.82. The van der Waals surface area contributed by atoms with Crippen molar-refractivity contribution in [3.63, 3.8) is 0 Å². The number of rotatable bonds is 1.